The van der Waals surface area contributed by atoms with Gasteiger partial charge in [-0.3, -0.25) is 14.9 Å². The molecule has 0 heterocycles. The summed E-state index contributed by atoms with van der Waals surface area (Å²) in [5, 5.41) is 13.6. The summed E-state index contributed by atoms with van der Waals surface area (Å²) in [6, 6.07) is 4.03. The standard InChI is InChI=1S/C14H20ClN3O3/c1-14(2,9-17(3)4)8-16-13(19)10-5-6-11(15)12(7-10)18(20)21/h5-7H,8-9H2,1-4H3,(H,16,19). The highest BCUT2D eigenvalue weighted by Crippen LogP contribution is 2.25. The molecule has 0 unspecified atom stereocenters. The zero-order valence-electron chi connectivity index (χ0n) is 12.6. The molecule has 0 aliphatic heterocycles. The molecule has 1 amide bonds. The summed E-state index contributed by atoms with van der Waals surface area (Å²) in [6.45, 7) is 5.36. The fourth-order valence-electron chi connectivity index (χ4n) is 2.13. The first-order valence-corrected chi connectivity index (χ1v) is 6.87. The van der Waals surface area contributed by atoms with E-state index in [9.17, 15) is 14.9 Å². The third-order valence-electron chi connectivity index (χ3n) is 2.88. The lowest BCUT2D eigenvalue weighted by Crippen LogP contribution is -2.39. The molecule has 0 aliphatic rings. The normalized spacial score (nSPS) is 11.5. The van der Waals surface area contributed by atoms with Crippen LogP contribution in [0.4, 0.5) is 5.69 Å². The van der Waals surface area contributed by atoms with Gasteiger partial charge >= 0.3 is 0 Å². The smallest absolute Gasteiger partial charge is 0.288 e. The Kier molecular flexibility index (Phi) is 5.69. The SMILES string of the molecule is CN(C)CC(C)(C)CNC(=O)c1ccc(Cl)c([N+](=O)[O-])c1. The summed E-state index contributed by atoms with van der Waals surface area (Å²) in [5.74, 6) is -0.346. The average Bonchev–Trinajstić information content (AvgIpc) is 2.34. The summed E-state index contributed by atoms with van der Waals surface area (Å²) in [5.41, 5.74) is -0.138. The maximum absolute atomic E-state index is 12.1. The Hall–Kier alpha value is -1.66. The second-order valence-corrected chi connectivity index (χ2v) is 6.42. The van der Waals surface area contributed by atoms with Crippen molar-refractivity contribution in [3.8, 4) is 0 Å². The molecule has 0 bridgehead atoms. The van der Waals surface area contributed by atoms with Gasteiger partial charge < -0.3 is 10.2 Å². The number of rotatable bonds is 6. The fraction of sp³-hybridized carbons (Fsp3) is 0.500. The quantitative estimate of drug-likeness (QED) is 0.647. The van der Waals surface area contributed by atoms with Crippen LogP contribution in [0, 0.1) is 15.5 Å². The van der Waals surface area contributed by atoms with E-state index >= 15 is 0 Å². The zero-order valence-corrected chi connectivity index (χ0v) is 13.4. The maximum atomic E-state index is 12.1. The van der Waals surface area contributed by atoms with Crippen LogP contribution in [0.3, 0.4) is 0 Å². The minimum absolute atomic E-state index is 0.0180. The monoisotopic (exact) mass is 313 g/mol. The molecule has 1 aromatic carbocycles. The van der Waals surface area contributed by atoms with E-state index in [0.29, 0.717) is 6.54 Å². The molecule has 0 aliphatic carbocycles. The van der Waals surface area contributed by atoms with E-state index in [-0.39, 0.29) is 27.6 Å². The Labute approximate surface area is 129 Å². The first-order chi connectivity index (χ1) is 9.62. The molecule has 0 saturated heterocycles. The largest absolute Gasteiger partial charge is 0.351 e. The summed E-state index contributed by atoms with van der Waals surface area (Å²) >= 11 is 5.72. The number of nitrogens with zero attached hydrogens (tertiary/aromatic N) is 2. The lowest BCUT2D eigenvalue weighted by Gasteiger charge is -2.28. The summed E-state index contributed by atoms with van der Waals surface area (Å²) < 4.78 is 0. The minimum atomic E-state index is -0.602. The van der Waals surface area contributed by atoms with E-state index in [4.69, 9.17) is 11.6 Å². The number of carbonyl (C=O) groups excluding carboxylic acids is 1. The number of nitrogens with one attached hydrogen (secondary N) is 1. The third-order valence-corrected chi connectivity index (χ3v) is 3.20. The van der Waals surface area contributed by atoms with Gasteiger partial charge in [-0.15, -0.1) is 0 Å². The first-order valence-electron chi connectivity index (χ1n) is 6.49. The molecule has 116 valence electrons. The van der Waals surface area contributed by atoms with Gasteiger partial charge in [0.25, 0.3) is 11.6 Å². The van der Waals surface area contributed by atoms with Crippen LogP contribution in [0.15, 0.2) is 18.2 Å². The second-order valence-electron chi connectivity index (χ2n) is 6.01. The van der Waals surface area contributed by atoms with Crippen LogP contribution in [0.1, 0.15) is 24.2 Å². The number of carbonyl (C=O) groups is 1. The fourth-order valence-corrected chi connectivity index (χ4v) is 2.31. The van der Waals surface area contributed by atoms with Gasteiger partial charge in [0.2, 0.25) is 0 Å². The molecular formula is C14H20ClN3O3. The Morgan fingerprint density at radius 1 is 1.43 bits per heavy atom. The number of amides is 1. The van der Waals surface area contributed by atoms with Crippen molar-refractivity contribution in [2.45, 2.75) is 13.8 Å². The van der Waals surface area contributed by atoms with Crippen LogP contribution in [-0.2, 0) is 0 Å². The molecule has 0 spiro atoms. The van der Waals surface area contributed by atoms with Crippen LogP contribution < -0.4 is 5.32 Å². The third kappa shape index (κ3) is 5.32. The summed E-state index contributed by atoms with van der Waals surface area (Å²) in [7, 11) is 3.93. The van der Waals surface area contributed by atoms with E-state index in [0.717, 1.165) is 6.54 Å². The Morgan fingerprint density at radius 3 is 2.57 bits per heavy atom. The van der Waals surface area contributed by atoms with Gasteiger partial charge in [-0.1, -0.05) is 25.4 Å². The molecule has 0 fully saturated rings. The van der Waals surface area contributed by atoms with Crippen LogP contribution in [0.5, 0.6) is 0 Å². The van der Waals surface area contributed by atoms with E-state index in [1.807, 2.05) is 32.8 Å². The van der Waals surface area contributed by atoms with Crippen molar-refractivity contribution in [3.05, 3.63) is 38.9 Å². The highest BCUT2D eigenvalue weighted by Gasteiger charge is 2.21. The van der Waals surface area contributed by atoms with Crippen molar-refractivity contribution >= 4 is 23.2 Å². The van der Waals surface area contributed by atoms with Gasteiger partial charge in [0.05, 0.1) is 4.92 Å². The molecule has 21 heavy (non-hydrogen) atoms. The number of hydrogen-bond acceptors (Lipinski definition) is 4. The minimum Gasteiger partial charge on any atom is -0.351 e. The zero-order chi connectivity index (χ0) is 16.2. The van der Waals surface area contributed by atoms with Crippen molar-refractivity contribution in [1.29, 1.82) is 0 Å². The number of hydrogen-bond donors (Lipinski definition) is 1. The maximum Gasteiger partial charge on any atom is 0.288 e. The van der Waals surface area contributed by atoms with Crippen molar-refractivity contribution in [2.24, 2.45) is 5.41 Å². The van der Waals surface area contributed by atoms with Crippen molar-refractivity contribution in [2.75, 3.05) is 27.2 Å². The Balaban J connectivity index is 2.77. The lowest BCUT2D eigenvalue weighted by atomic mass is 9.93. The molecular weight excluding hydrogens is 294 g/mol. The van der Waals surface area contributed by atoms with Gasteiger partial charge in [0.15, 0.2) is 0 Å². The van der Waals surface area contributed by atoms with Crippen LogP contribution in [-0.4, -0.2) is 42.9 Å². The summed E-state index contributed by atoms with van der Waals surface area (Å²) in [6.07, 6.45) is 0. The molecule has 0 saturated carbocycles. The molecule has 1 rings (SSSR count). The van der Waals surface area contributed by atoms with Gasteiger partial charge in [0, 0.05) is 24.7 Å². The van der Waals surface area contributed by atoms with Gasteiger partial charge in [-0.05, 0) is 31.6 Å². The Morgan fingerprint density at radius 2 is 2.05 bits per heavy atom. The lowest BCUT2D eigenvalue weighted by molar-refractivity contribution is -0.384. The highest BCUT2D eigenvalue weighted by molar-refractivity contribution is 6.32. The number of benzene rings is 1. The highest BCUT2D eigenvalue weighted by atomic mass is 35.5. The first kappa shape index (κ1) is 17.4. The molecule has 6 nitrogen and oxygen atoms in total. The molecule has 0 atom stereocenters. The molecule has 0 radical (unpaired) electrons. The molecule has 1 N–H and O–H groups in total. The van der Waals surface area contributed by atoms with Crippen molar-refractivity contribution < 1.29 is 9.72 Å². The predicted octanol–water partition coefficient (Wildman–Crippen LogP) is 2.57. The van der Waals surface area contributed by atoms with E-state index in [1.165, 1.54) is 18.2 Å². The van der Waals surface area contributed by atoms with Crippen molar-refractivity contribution in [1.82, 2.24) is 10.2 Å². The Bertz CT molecular complexity index is 544. The van der Waals surface area contributed by atoms with Crippen LogP contribution >= 0.6 is 11.6 Å². The van der Waals surface area contributed by atoms with E-state index in [2.05, 4.69) is 5.32 Å². The second kappa shape index (κ2) is 6.87. The van der Waals surface area contributed by atoms with Gasteiger partial charge in [-0.25, -0.2) is 0 Å². The molecule has 7 heteroatoms. The van der Waals surface area contributed by atoms with Crippen LogP contribution in [0.2, 0.25) is 5.02 Å². The number of halogens is 1. The van der Waals surface area contributed by atoms with Crippen molar-refractivity contribution in [3.63, 3.8) is 0 Å². The average molecular weight is 314 g/mol. The molecule has 1 aromatic rings. The van der Waals surface area contributed by atoms with Gasteiger partial charge in [0.1, 0.15) is 5.02 Å². The van der Waals surface area contributed by atoms with E-state index in [1.54, 1.807) is 0 Å². The molecule has 0 aromatic heterocycles. The number of nitro groups is 1. The van der Waals surface area contributed by atoms with Gasteiger partial charge in [-0.2, -0.15) is 0 Å². The topological polar surface area (TPSA) is 75.5 Å². The van der Waals surface area contributed by atoms with Crippen LogP contribution in [0.25, 0.3) is 0 Å². The predicted molar refractivity (Wildman–Crippen MR) is 82.8 cm³/mol. The number of nitro benzene ring substituents is 1. The van der Waals surface area contributed by atoms with E-state index < -0.39 is 4.92 Å². The summed E-state index contributed by atoms with van der Waals surface area (Å²) in [4.78, 5) is 24.3.